The number of hydrogen-bond donors (Lipinski definition) is 0. The number of hydrogen-bond acceptors (Lipinski definition) is 0. The Hall–Kier alpha value is -5.82. The number of benzene rings is 5. The van der Waals surface area contributed by atoms with Crippen LogP contribution >= 0.6 is 0 Å². The zero-order valence-corrected chi connectivity index (χ0v) is 32.4. The fraction of sp³-hybridized carbons (Fsp3) is 0.220. The summed E-state index contributed by atoms with van der Waals surface area (Å²) in [5, 5.41) is 7.05. The van der Waals surface area contributed by atoms with Gasteiger partial charge in [0, 0.05) is 5.57 Å². The molecular weight excluding hydrogens is 975 g/mol. The molecule has 5 aromatic carbocycles. The first-order valence-electron chi connectivity index (χ1n) is 17.8. The Morgan fingerprint density at radius 3 is 0.657 bits per heavy atom. The Balaban J connectivity index is 0.000000865. The fourth-order valence-electron chi connectivity index (χ4n) is 6.85. The maximum atomic E-state index is 14.2. The van der Waals surface area contributed by atoms with Gasteiger partial charge in [-0.2, -0.15) is 127 Å². The highest BCUT2D eigenvalue weighted by Gasteiger charge is 2.47. The zero-order valence-electron chi connectivity index (χ0n) is 32.4. The van der Waals surface area contributed by atoms with Crippen LogP contribution in [0.25, 0.3) is 5.57 Å². The third-order valence-corrected chi connectivity index (χ3v) is 9.84. The van der Waals surface area contributed by atoms with Crippen LogP contribution in [0.15, 0.2) is 110 Å². The van der Waals surface area contributed by atoms with Gasteiger partial charge >= 0.3 is 49.4 Å². The monoisotopic (exact) mass is 998 g/mol. The van der Waals surface area contributed by atoms with Crippen molar-refractivity contribution in [1.29, 1.82) is 0 Å². The lowest BCUT2D eigenvalue weighted by Crippen LogP contribution is -2.75. The van der Waals surface area contributed by atoms with Crippen LogP contribution in [0.4, 0.5) is 105 Å². The molecular formula is C41H23BF24O. The summed E-state index contributed by atoms with van der Waals surface area (Å²) in [5.41, 5.74) is -28.3. The molecule has 0 saturated carbocycles. The Morgan fingerprint density at radius 2 is 0.507 bits per heavy atom. The summed E-state index contributed by atoms with van der Waals surface area (Å²) in [5.74, 6) is 0. The lowest BCUT2D eigenvalue weighted by molar-refractivity contribution is -0.144. The summed E-state index contributed by atoms with van der Waals surface area (Å²) >= 11 is 0. The maximum absolute atomic E-state index is 14.2. The molecule has 0 spiro atoms. The minimum Gasteiger partial charge on any atom is -0.442 e. The first-order valence-corrected chi connectivity index (χ1v) is 17.8. The van der Waals surface area contributed by atoms with Crippen molar-refractivity contribution in [1.82, 2.24) is 0 Å². The summed E-state index contributed by atoms with van der Waals surface area (Å²) in [4.78, 5) is 0. The average molecular weight is 998 g/mol. The highest BCUT2D eigenvalue weighted by atomic mass is 19.4. The third kappa shape index (κ3) is 12.4. The Bertz CT molecular complexity index is 2130. The van der Waals surface area contributed by atoms with Gasteiger partial charge in [0.1, 0.15) is 6.15 Å². The second-order valence-electron chi connectivity index (χ2n) is 14.4. The van der Waals surface area contributed by atoms with Crippen molar-refractivity contribution < 1.29 is 110 Å². The van der Waals surface area contributed by atoms with E-state index in [1.54, 1.807) is 0 Å². The van der Waals surface area contributed by atoms with Gasteiger partial charge in [0.25, 0.3) is 0 Å². The molecule has 0 bridgehead atoms. The van der Waals surface area contributed by atoms with Crippen LogP contribution in [0.2, 0.25) is 0 Å². The maximum Gasteiger partial charge on any atom is 0.416 e. The molecule has 26 heteroatoms. The second kappa shape index (κ2) is 18.0. The smallest absolute Gasteiger partial charge is 0.416 e. The molecule has 0 aliphatic rings. The molecule has 0 unspecified atom stereocenters. The van der Waals surface area contributed by atoms with Gasteiger partial charge in [-0.15, -0.1) is 0 Å². The van der Waals surface area contributed by atoms with Crippen molar-refractivity contribution in [3.63, 3.8) is 0 Å². The molecule has 67 heavy (non-hydrogen) atoms. The van der Waals surface area contributed by atoms with E-state index in [1.165, 1.54) is 0 Å². The van der Waals surface area contributed by atoms with E-state index in [9.17, 15) is 105 Å². The van der Waals surface area contributed by atoms with Crippen molar-refractivity contribution in [2.75, 3.05) is 6.61 Å². The molecule has 0 fully saturated rings. The van der Waals surface area contributed by atoms with Crippen LogP contribution in [0.5, 0.6) is 0 Å². The molecule has 0 amide bonds. The summed E-state index contributed by atoms with van der Waals surface area (Å²) < 4.78 is 341. The topological polar surface area (TPSA) is 22.9 Å². The van der Waals surface area contributed by atoms with Crippen molar-refractivity contribution in [3.05, 3.63) is 160 Å². The van der Waals surface area contributed by atoms with Crippen LogP contribution in [-0.2, 0) is 49.4 Å². The molecule has 0 aliphatic carbocycles. The standard InChI is InChI=1S/C32H12BF24.C9H10O/c34-25(35,36)13-1-14(26(37,38)39)6-21(5-13)33(22-7-15(27(40,41)42)2-16(8-22)28(43,44)45,23-9-17(29(46,47)48)3-18(10-23)30(49,50)51)24-11-19(31(52,53)54)4-20(12-24)32(55,56)57;1-8(7-10)9-5-3-2-4-6-9/h1-12H;2-6,10H,1,7H2/q-1;/p+1. The molecule has 5 aromatic rings. The van der Waals surface area contributed by atoms with Crippen LogP contribution in [0, 0.1) is 0 Å². The minimum atomic E-state index is -6.13. The normalized spacial score (nSPS) is 13.6. The Labute approximate surface area is 359 Å². The minimum absolute atomic E-state index is 0.282. The van der Waals surface area contributed by atoms with Gasteiger partial charge < -0.3 is 5.11 Å². The summed E-state index contributed by atoms with van der Waals surface area (Å²) in [6, 6.07) is 0.996. The number of rotatable bonds is 6. The zero-order chi connectivity index (χ0) is 51.3. The molecule has 1 nitrogen and oxygen atoms in total. The van der Waals surface area contributed by atoms with Crippen molar-refractivity contribution in [3.8, 4) is 0 Å². The molecule has 0 aliphatic heterocycles. The predicted octanol–water partition coefficient (Wildman–Crippen LogP) is 12.6. The number of halogens is 24. The van der Waals surface area contributed by atoms with E-state index in [0.717, 1.165) is 11.1 Å². The first kappa shape index (κ1) is 53.8. The second-order valence-corrected chi connectivity index (χ2v) is 14.4. The Morgan fingerprint density at radius 1 is 0.328 bits per heavy atom. The highest BCUT2D eigenvalue weighted by Crippen LogP contribution is 2.41. The van der Waals surface area contributed by atoms with Crippen LogP contribution < -0.4 is 21.9 Å². The van der Waals surface area contributed by atoms with Gasteiger partial charge in [0.2, 0.25) is 0 Å². The Kier molecular flexibility index (Phi) is 14.5. The molecule has 0 radical (unpaired) electrons. The van der Waals surface area contributed by atoms with E-state index in [4.69, 9.17) is 5.11 Å². The van der Waals surface area contributed by atoms with Crippen molar-refractivity contribution >= 4 is 33.6 Å². The summed E-state index contributed by atoms with van der Waals surface area (Å²) in [6.45, 7) is 4.04. The SMILES string of the molecule is C=C(C[OH2+])c1ccccc1.FC(F)(F)c1cc([B-](c2cc(C(F)(F)F)cc(C(F)(F)F)c2)(c2cc(C(F)(F)F)cc(C(F)(F)F)c2)c2cc(C(F)(F)F)cc(C(F)(F)F)c2)cc(C(F)(F)F)c1. The van der Waals surface area contributed by atoms with Crippen LogP contribution in [0.3, 0.4) is 0 Å². The lowest BCUT2D eigenvalue weighted by atomic mass is 9.12. The molecule has 0 saturated heterocycles. The van der Waals surface area contributed by atoms with E-state index >= 15 is 0 Å². The van der Waals surface area contributed by atoms with E-state index < -0.39 is 195 Å². The predicted molar refractivity (Wildman–Crippen MR) is 194 cm³/mol. The molecule has 0 heterocycles. The fourth-order valence-corrected chi connectivity index (χ4v) is 6.85. The van der Waals surface area contributed by atoms with Gasteiger partial charge in [0.15, 0.2) is 6.61 Å². The van der Waals surface area contributed by atoms with Gasteiger partial charge in [-0.1, -0.05) is 85.4 Å². The molecule has 0 aromatic heterocycles. The quantitative estimate of drug-likeness (QED) is 0.0919. The van der Waals surface area contributed by atoms with E-state index in [-0.39, 0.29) is 6.61 Å². The van der Waals surface area contributed by atoms with Crippen LogP contribution in [0.1, 0.15) is 50.1 Å². The van der Waals surface area contributed by atoms with E-state index in [0.29, 0.717) is 0 Å². The number of alkyl halides is 24. The molecule has 364 valence electrons. The lowest BCUT2D eigenvalue weighted by Gasteiger charge is -2.46. The molecule has 2 N–H and O–H groups in total. The van der Waals surface area contributed by atoms with Gasteiger partial charge in [-0.05, 0) is 29.8 Å². The summed E-state index contributed by atoms with van der Waals surface area (Å²) in [6.07, 6.45) is -54.8. The van der Waals surface area contributed by atoms with E-state index in [1.807, 2.05) is 30.3 Å². The van der Waals surface area contributed by atoms with Gasteiger partial charge in [-0.3, -0.25) is 0 Å². The highest BCUT2D eigenvalue weighted by molar-refractivity contribution is 7.20. The summed E-state index contributed by atoms with van der Waals surface area (Å²) in [7, 11) is 0. The largest absolute Gasteiger partial charge is 0.442 e. The van der Waals surface area contributed by atoms with Gasteiger partial charge in [-0.25, -0.2) is 0 Å². The third-order valence-electron chi connectivity index (χ3n) is 9.84. The average Bonchev–Trinajstić information content (AvgIpc) is 3.18. The first-order chi connectivity index (χ1) is 30.1. The van der Waals surface area contributed by atoms with Crippen molar-refractivity contribution in [2.24, 2.45) is 0 Å². The molecule has 5 rings (SSSR count). The van der Waals surface area contributed by atoms with Gasteiger partial charge in [0.05, 0.1) is 44.5 Å². The van der Waals surface area contributed by atoms with Crippen LogP contribution in [-0.4, -0.2) is 17.9 Å². The van der Waals surface area contributed by atoms with Crippen molar-refractivity contribution in [2.45, 2.75) is 49.4 Å². The van der Waals surface area contributed by atoms with E-state index in [2.05, 4.69) is 6.58 Å². The molecule has 0 atom stereocenters.